The highest BCUT2D eigenvalue weighted by Crippen LogP contribution is 2.30. The normalized spacial score (nSPS) is 11.1. The monoisotopic (exact) mass is 458 g/mol. The van der Waals surface area contributed by atoms with Crippen LogP contribution < -0.4 is 0 Å². The van der Waals surface area contributed by atoms with Crippen LogP contribution in [-0.4, -0.2) is 19.5 Å². The maximum atomic E-state index is 6.51. The Hall–Kier alpha value is -4.28. The first-order valence-corrected chi connectivity index (χ1v) is 11.4. The van der Waals surface area contributed by atoms with Gasteiger partial charge in [-0.15, -0.1) is 0 Å². The van der Waals surface area contributed by atoms with Gasteiger partial charge in [0.25, 0.3) is 0 Å². The molecule has 4 aromatic carbocycles. The van der Waals surface area contributed by atoms with E-state index in [4.69, 9.17) is 26.6 Å². The Labute approximate surface area is 202 Å². The second-order valence-corrected chi connectivity index (χ2v) is 8.36. The lowest BCUT2D eigenvalue weighted by Crippen LogP contribution is -2.00. The van der Waals surface area contributed by atoms with E-state index >= 15 is 0 Å². The molecular weight excluding hydrogens is 440 g/mol. The fourth-order valence-electron chi connectivity index (χ4n) is 4.08. The van der Waals surface area contributed by atoms with Crippen molar-refractivity contribution in [2.75, 3.05) is 0 Å². The highest BCUT2D eigenvalue weighted by Gasteiger charge is 2.14. The molecule has 0 atom stereocenters. The molecular formula is C29H19ClN4. The van der Waals surface area contributed by atoms with Crippen LogP contribution in [0.15, 0.2) is 115 Å². The van der Waals surface area contributed by atoms with Crippen molar-refractivity contribution in [2.45, 2.75) is 0 Å². The SMILES string of the molecule is Clc1cn(-c2cccc(-c3nc(-c4ccccc4)nc(-c4ccccc4)n3)c2)c2ccccc12. The smallest absolute Gasteiger partial charge is 0.164 e. The van der Waals surface area contributed by atoms with Gasteiger partial charge in [0, 0.05) is 34.0 Å². The largest absolute Gasteiger partial charge is 0.315 e. The lowest BCUT2D eigenvalue weighted by atomic mass is 10.1. The quantitative estimate of drug-likeness (QED) is 0.275. The lowest BCUT2D eigenvalue weighted by Gasteiger charge is -2.10. The van der Waals surface area contributed by atoms with Crippen molar-refractivity contribution in [3.05, 3.63) is 120 Å². The standard InChI is InChI=1S/C29H19ClN4/c30-25-19-34(26-17-8-7-16-24(25)26)23-15-9-14-22(18-23)29-32-27(20-10-3-1-4-11-20)31-28(33-29)21-12-5-2-6-13-21/h1-19H. The van der Waals surface area contributed by atoms with E-state index in [0.717, 1.165) is 38.3 Å². The van der Waals surface area contributed by atoms with E-state index in [0.29, 0.717) is 17.5 Å². The molecule has 0 unspecified atom stereocenters. The molecule has 34 heavy (non-hydrogen) atoms. The predicted molar refractivity (Wildman–Crippen MR) is 138 cm³/mol. The van der Waals surface area contributed by atoms with Crippen LogP contribution in [0, 0.1) is 0 Å². The van der Waals surface area contributed by atoms with Crippen LogP contribution in [0.1, 0.15) is 0 Å². The molecule has 0 spiro atoms. The van der Waals surface area contributed by atoms with Gasteiger partial charge in [-0.2, -0.15) is 0 Å². The summed E-state index contributed by atoms with van der Waals surface area (Å²) in [6.45, 7) is 0. The Morgan fingerprint density at radius 2 is 1.06 bits per heavy atom. The number of benzene rings is 4. The summed E-state index contributed by atoms with van der Waals surface area (Å²) in [7, 11) is 0. The van der Waals surface area contributed by atoms with E-state index in [1.54, 1.807) is 0 Å². The number of hydrogen-bond acceptors (Lipinski definition) is 3. The van der Waals surface area contributed by atoms with Crippen molar-refractivity contribution < 1.29 is 0 Å². The topological polar surface area (TPSA) is 43.6 Å². The number of halogens is 1. The maximum Gasteiger partial charge on any atom is 0.164 e. The second-order valence-electron chi connectivity index (χ2n) is 7.95. The second kappa shape index (κ2) is 8.58. The van der Waals surface area contributed by atoms with Crippen molar-refractivity contribution >= 4 is 22.5 Å². The first kappa shape index (κ1) is 20.3. The molecule has 6 aromatic rings. The van der Waals surface area contributed by atoms with Crippen LogP contribution in [0.2, 0.25) is 5.02 Å². The first-order chi connectivity index (χ1) is 16.8. The fourth-order valence-corrected chi connectivity index (χ4v) is 4.34. The average molecular weight is 459 g/mol. The Morgan fingerprint density at radius 3 is 1.71 bits per heavy atom. The van der Waals surface area contributed by atoms with Crippen molar-refractivity contribution in [1.29, 1.82) is 0 Å². The zero-order valence-corrected chi connectivity index (χ0v) is 18.9. The summed E-state index contributed by atoms with van der Waals surface area (Å²) in [5.41, 5.74) is 4.84. The van der Waals surface area contributed by atoms with Gasteiger partial charge in [0.15, 0.2) is 17.5 Å². The molecule has 4 nitrogen and oxygen atoms in total. The van der Waals surface area contributed by atoms with Gasteiger partial charge >= 0.3 is 0 Å². The zero-order valence-electron chi connectivity index (χ0n) is 18.1. The Kier molecular flexibility index (Phi) is 5.13. The molecule has 2 aromatic heterocycles. The van der Waals surface area contributed by atoms with Gasteiger partial charge in [0.1, 0.15) is 0 Å². The number of hydrogen-bond donors (Lipinski definition) is 0. The number of fused-ring (bicyclic) bond motifs is 1. The zero-order chi connectivity index (χ0) is 22.9. The van der Waals surface area contributed by atoms with Crippen LogP contribution in [0.5, 0.6) is 0 Å². The molecule has 0 radical (unpaired) electrons. The minimum atomic E-state index is 0.622. The molecule has 6 rings (SSSR count). The third kappa shape index (κ3) is 3.74. The number of nitrogens with zero attached hydrogens (tertiary/aromatic N) is 4. The molecule has 0 aliphatic carbocycles. The number of rotatable bonds is 4. The van der Waals surface area contributed by atoms with Gasteiger partial charge < -0.3 is 4.57 Å². The molecule has 0 amide bonds. The van der Waals surface area contributed by atoms with Gasteiger partial charge in [-0.3, -0.25) is 0 Å². The van der Waals surface area contributed by atoms with Crippen LogP contribution in [0.4, 0.5) is 0 Å². The van der Waals surface area contributed by atoms with Crippen LogP contribution >= 0.6 is 11.6 Å². The van der Waals surface area contributed by atoms with Crippen LogP contribution in [-0.2, 0) is 0 Å². The van der Waals surface area contributed by atoms with E-state index in [1.165, 1.54) is 0 Å². The Balaban J connectivity index is 1.52. The molecule has 5 heteroatoms. The van der Waals surface area contributed by atoms with Gasteiger partial charge in [0.2, 0.25) is 0 Å². The van der Waals surface area contributed by atoms with Gasteiger partial charge in [-0.05, 0) is 18.2 Å². The van der Waals surface area contributed by atoms with Gasteiger partial charge in [-0.1, -0.05) is 103 Å². The van der Waals surface area contributed by atoms with Crippen molar-refractivity contribution in [1.82, 2.24) is 19.5 Å². The summed E-state index contributed by atoms with van der Waals surface area (Å²) in [4.78, 5) is 14.5. The minimum Gasteiger partial charge on any atom is -0.315 e. The third-order valence-corrected chi connectivity index (χ3v) is 6.05. The van der Waals surface area contributed by atoms with Gasteiger partial charge in [0.05, 0.1) is 10.5 Å². The molecule has 162 valence electrons. The van der Waals surface area contributed by atoms with Crippen LogP contribution in [0.25, 0.3) is 50.8 Å². The summed E-state index contributed by atoms with van der Waals surface area (Å²) in [6, 6.07) is 36.3. The molecule has 0 saturated heterocycles. The summed E-state index contributed by atoms with van der Waals surface area (Å²) in [6.07, 6.45) is 1.95. The van der Waals surface area contributed by atoms with Crippen molar-refractivity contribution in [2.24, 2.45) is 0 Å². The molecule has 0 fully saturated rings. The molecule has 0 N–H and O–H groups in total. The van der Waals surface area contributed by atoms with Crippen molar-refractivity contribution in [3.8, 4) is 39.9 Å². The average Bonchev–Trinajstić information content (AvgIpc) is 3.26. The fraction of sp³-hybridized carbons (Fsp3) is 0. The number of aromatic nitrogens is 4. The highest BCUT2D eigenvalue weighted by molar-refractivity contribution is 6.35. The van der Waals surface area contributed by atoms with E-state index < -0.39 is 0 Å². The summed E-state index contributed by atoms with van der Waals surface area (Å²) < 4.78 is 2.10. The van der Waals surface area contributed by atoms with Crippen molar-refractivity contribution in [3.63, 3.8) is 0 Å². The molecule has 0 aliphatic heterocycles. The van der Waals surface area contributed by atoms with E-state index in [2.05, 4.69) is 22.8 Å². The van der Waals surface area contributed by atoms with E-state index in [-0.39, 0.29) is 0 Å². The number of para-hydroxylation sites is 1. The Morgan fingerprint density at radius 1 is 0.529 bits per heavy atom. The third-order valence-electron chi connectivity index (χ3n) is 5.75. The minimum absolute atomic E-state index is 0.622. The van der Waals surface area contributed by atoms with Gasteiger partial charge in [-0.25, -0.2) is 15.0 Å². The van der Waals surface area contributed by atoms with E-state index in [1.807, 2.05) is 97.2 Å². The first-order valence-electron chi connectivity index (χ1n) is 11.0. The predicted octanol–water partition coefficient (Wildman–Crippen LogP) is 7.47. The highest BCUT2D eigenvalue weighted by atomic mass is 35.5. The molecule has 0 bridgehead atoms. The summed E-state index contributed by atoms with van der Waals surface area (Å²) in [5.74, 6) is 1.91. The summed E-state index contributed by atoms with van der Waals surface area (Å²) in [5, 5.41) is 1.74. The molecule has 2 heterocycles. The lowest BCUT2D eigenvalue weighted by molar-refractivity contribution is 1.07. The van der Waals surface area contributed by atoms with Crippen LogP contribution in [0.3, 0.4) is 0 Å². The molecule has 0 aliphatic rings. The Bertz CT molecular complexity index is 1550. The van der Waals surface area contributed by atoms with E-state index in [9.17, 15) is 0 Å². The summed E-state index contributed by atoms with van der Waals surface area (Å²) >= 11 is 6.51. The maximum absolute atomic E-state index is 6.51. The molecule has 0 saturated carbocycles.